The third-order valence-electron chi connectivity index (χ3n) is 3.07. The molecule has 0 saturated heterocycles. The van der Waals surface area contributed by atoms with E-state index in [2.05, 4.69) is 15.2 Å². The molecule has 7 heteroatoms. The fourth-order valence-electron chi connectivity index (χ4n) is 2.07. The molecule has 0 spiro atoms. The highest BCUT2D eigenvalue weighted by Crippen LogP contribution is 2.27. The van der Waals surface area contributed by atoms with Gasteiger partial charge in [0.1, 0.15) is 5.75 Å². The third kappa shape index (κ3) is 4.33. The minimum Gasteiger partial charge on any atom is -0.494 e. The maximum Gasteiger partial charge on any atom is 0.276 e. The van der Waals surface area contributed by atoms with Crippen molar-refractivity contribution >= 4 is 23.1 Å². The summed E-state index contributed by atoms with van der Waals surface area (Å²) in [6.07, 6.45) is 0.577. The molecule has 2 heterocycles. The van der Waals surface area contributed by atoms with E-state index >= 15 is 0 Å². The second-order valence-electron chi connectivity index (χ2n) is 4.83. The van der Waals surface area contributed by atoms with Crippen LogP contribution >= 0.6 is 23.1 Å². The molecule has 1 aromatic carbocycles. The van der Waals surface area contributed by atoms with Crippen molar-refractivity contribution in [1.82, 2.24) is 15.2 Å². The minimum atomic E-state index is 0.568. The Morgan fingerprint density at radius 1 is 1.26 bits per heavy atom. The highest BCUT2D eigenvalue weighted by molar-refractivity contribution is 7.98. The molecule has 2 aromatic heterocycles. The molecule has 0 amide bonds. The molecule has 3 aromatic rings. The zero-order valence-electron chi connectivity index (χ0n) is 13.0. The minimum absolute atomic E-state index is 0.568. The molecular weight excluding hydrogens is 330 g/mol. The first-order valence-electron chi connectivity index (χ1n) is 7.31. The van der Waals surface area contributed by atoms with E-state index in [1.54, 1.807) is 11.3 Å². The van der Waals surface area contributed by atoms with Crippen molar-refractivity contribution in [1.29, 1.82) is 0 Å². The van der Waals surface area contributed by atoms with Gasteiger partial charge in [-0.05, 0) is 19.9 Å². The maximum absolute atomic E-state index is 5.68. The highest BCUT2D eigenvalue weighted by Gasteiger charge is 2.11. The van der Waals surface area contributed by atoms with Crippen LogP contribution in [0.3, 0.4) is 0 Å². The molecule has 23 heavy (non-hydrogen) atoms. The topological polar surface area (TPSA) is 61.0 Å². The molecule has 120 valence electrons. The van der Waals surface area contributed by atoms with E-state index in [0.717, 1.165) is 27.8 Å². The number of thioether (sulfide) groups is 1. The lowest BCUT2D eigenvalue weighted by molar-refractivity contribution is 0.337. The van der Waals surface area contributed by atoms with E-state index in [9.17, 15) is 0 Å². The van der Waals surface area contributed by atoms with E-state index < -0.39 is 0 Å². The van der Waals surface area contributed by atoms with E-state index in [-0.39, 0.29) is 0 Å². The van der Waals surface area contributed by atoms with Gasteiger partial charge in [0.05, 0.1) is 23.7 Å². The summed E-state index contributed by atoms with van der Waals surface area (Å²) in [4.78, 5) is 4.41. The van der Waals surface area contributed by atoms with Gasteiger partial charge in [-0.2, -0.15) is 0 Å². The largest absolute Gasteiger partial charge is 0.494 e. The number of nitrogens with zero attached hydrogens (tertiary/aromatic N) is 3. The number of thiazole rings is 1. The lowest BCUT2D eigenvalue weighted by Gasteiger charge is -2.08. The first kappa shape index (κ1) is 16.0. The van der Waals surface area contributed by atoms with Gasteiger partial charge in [0, 0.05) is 16.7 Å². The molecule has 0 unspecified atom stereocenters. The molecule has 0 N–H and O–H groups in total. The Bertz CT molecular complexity index is 770. The predicted octanol–water partition coefficient (Wildman–Crippen LogP) is 4.12. The number of hydrogen-bond acceptors (Lipinski definition) is 7. The molecule has 0 atom stereocenters. The van der Waals surface area contributed by atoms with Crippen LogP contribution in [0.5, 0.6) is 5.75 Å². The van der Waals surface area contributed by atoms with Gasteiger partial charge in [-0.15, -0.1) is 21.5 Å². The zero-order chi connectivity index (χ0) is 16.1. The molecule has 0 saturated carbocycles. The third-order valence-corrected chi connectivity index (χ3v) is 4.76. The van der Waals surface area contributed by atoms with Crippen LogP contribution < -0.4 is 4.74 Å². The molecule has 3 rings (SSSR count). The van der Waals surface area contributed by atoms with Crippen LogP contribution in [0.1, 0.15) is 29.1 Å². The number of aromatic nitrogens is 3. The molecule has 0 aliphatic carbocycles. The summed E-state index contributed by atoms with van der Waals surface area (Å²) in [5, 5.41) is 11.8. The second-order valence-corrected chi connectivity index (χ2v) is 6.81. The summed E-state index contributed by atoms with van der Waals surface area (Å²) >= 11 is 3.14. The lowest BCUT2D eigenvalue weighted by atomic mass is 10.2. The Balaban J connectivity index is 1.61. The monoisotopic (exact) mass is 347 g/mol. The van der Waals surface area contributed by atoms with Crippen LogP contribution in [0, 0.1) is 6.92 Å². The van der Waals surface area contributed by atoms with Gasteiger partial charge in [0.25, 0.3) is 5.22 Å². The van der Waals surface area contributed by atoms with Gasteiger partial charge in [0.2, 0.25) is 5.89 Å². The number of hydrogen-bond donors (Lipinski definition) is 0. The van der Waals surface area contributed by atoms with Gasteiger partial charge < -0.3 is 9.15 Å². The number of para-hydroxylation sites is 1. The summed E-state index contributed by atoms with van der Waals surface area (Å²) in [5.41, 5.74) is 2.09. The molecule has 0 fully saturated rings. The van der Waals surface area contributed by atoms with Gasteiger partial charge in [-0.1, -0.05) is 30.0 Å². The van der Waals surface area contributed by atoms with Crippen molar-refractivity contribution in [3.05, 3.63) is 51.8 Å². The van der Waals surface area contributed by atoms with Crippen molar-refractivity contribution in [2.24, 2.45) is 0 Å². The summed E-state index contributed by atoms with van der Waals surface area (Å²) in [7, 11) is 0. The summed E-state index contributed by atoms with van der Waals surface area (Å²) in [6.45, 7) is 4.62. The van der Waals surface area contributed by atoms with Crippen LogP contribution in [-0.2, 0) is 12.2 Å². The number of aryl methyl sites for hydroxylation is 1. The SMILES string of the molecule is CCOc1ccccc1CSc1nnc(Cc2csc(C)n2)o1. The molecule has 0 aliphatic rings. The van der Waals surface area contributed by atoms with E-state index in [1.807, 2.05) is 43.5 Å². The van der Waals surface area contributed by atoms with Crippen LogP contribution in [0.2, 0.25) is 0 Å². The van der Waals surface area contributed by atoms with Gasteiger partial charge >= 0.3 is 0 Å². The Hall–Kier alpha value is -1.86. The quantitative estimate of drug-likeness (QED) is 0.599. The summed E-state index contributed by atoms with van der Waals surface area (Å²) in [5.74, 6) is 2.23. The van der Waals surface area contributed by atoms with Crippen molar-refractivity contribution in [2.45, 2.75) is 31.2 Å². The number of rotatable bonds is 7. The lowest BCUT2D eigenvalue weighted by Crippen LogP contribution is -1.95. The maximum atomic E-state index is 5.68. The first-order chi connectivity index (χ1) is 11.2. The Kier molecular flexibility index (Phi) is 5.30. The Morgan fingerprint density at radius 3 is 2.91 bits per heavy atom. The van der Waals surface area contributed by atoms with Gasteiger partial charge in [0.15, 0.2) is 0 Å². The summed E-state index contributed by atoms with van der Waals surface area (Å²) < 4.78 is 11.3. The van der Waals surface area contributed by atoms with Gasteiger partial charge in [-0.25, -0.2) is 4.98 Å². The average Bonchev–Trinajstić information content (AvgIpc) is 3.16. The average molecular weight is 347 g/mol. The van der Waals surface area contributed by atoms with Crippen LogP contribution in [-0.4, -0.2) is 21.8 Å². The smallest absolute Gasteiger partial charge is 0.276 e. The second kappa shape index (κ2) is 7.61. The predicted molar refractivity (Wildman–Crippen MR) is 91.1 cm³/mol. The molecule has 0 radical (unpaired) electrons. The Labute approximate surface area is 143 Å². The van der Waals surface area contributed by atoms with Gasteiger partial charge in [-0.3, -0.25) is 0 Å². The van der Waals surface area contributed by atoms with Crippen molar-refractivity contribution < 1.29 is 9.15 Å². The molecule has 0 aliphatic heterocycles. The molecule has 5 nitrogen and oxygen atoms in total. The van der Waals surface area contributed by atoms with Crippen LogP contribution in [0.4, 0.5) is 0 Å². The van der Waals surface area contributed by atoms with Crippen molar-refractivity contribution in [3.8, 4) is 5.75 Å². The molecule has 0 bridgehead atoms. The zero-order valence-corrected chi connectivity index (χ0v) is 14.6. The van der Waals surface area contributed by atoms with Crippen molar-refractivity contribution in [2.75, 3.05) is 6.61 Å². The standard InChI is InChI=1S/C16H17N3O2S2/c1-3-20-14-7-5-4-6-12(14)9-23-16-19-18-15(21-16)8-13-10-22-11(2)17-13/h4-7,10H,3,8-9H2,1-2H3. The van der Waals surface area contributed by atoms with E-state index in [1.165, 1.54) is 11.8 Å². The van der Waals surface area contributed by atoms with E-state index in [0.29, 0.717) is 24.1 Å². The molecular formula is C16H17N3O2S2. The fourth-order valence-corrected chi connectivity index (χ4v) is 3.45. The van der Waals surface area contributed by atoms with Crippen LogP contribution in [0.15, 0.2) is 39.3 Å². The summed E-state index contributed by atoms with van der Waals surface area (Å²) in [6, 6.07) is 8.00. The fraction of sp³-hybridized carbons (Fsp3) is 0.312. The normalized spacial score (nSPS) is 10.9. The number of benzene rings is 1. The van der Waals surface area contributed by atoms with Crippen LogP contribution in [0.25, 0.3) is 0 Å². The van der Waals surface area contributed by atoms with Crippen molar-refractivity contribution in [3.63, 3.8) is 0 Å². The first-order valence-corrected chi connectivity index (χ1v) is 9.18. The van der Waals surface area contributed by atoms with E-state index in [4.69, 9.17) is 9.15 Å². The highest BCUT2D eigenvalue weighted by atomic mass is 32.2. The Morgan fingerprint density at radius 2 is 2.13 bits per heavy atom. The number of ether oxygens (including phenoxy) is 1.